The minimum atomic E-state index is -0.104. The molecule has 0 aliphatic carbocycles. The zero-order chi connectivity index (χ0) is 15.7. The minimum Gasteiger partial charge on any atom is -0.451 e. The predicted molar refractivity (Wildman–Crippen MR) is 83.5 cm³/mol. The molecular weight excluding hydrogens is 280 g/mol. The summed E-state index contributed by atoms with van der Waals surface area (Å²) in [6, 6.07) is 9.36. The van der Waals surface area contributed by atoms with E-state index >= 15 is 0 Å². The van der Waals surface area contributed by atoms with Gasteiger partial charge in [-0.15, -0.1) is 0 Å². The number of hydrogen-bond acceptors (Lipinski definition) is 3. The van der Waals surface area contributed by atoms with Crippen LogP contribution in [0.25, 0.3) is 11.0 Å². The maximum absolute atomic E-state index is 12.5. The number of hydrogen-bond donors (Lipinski definition) is 0. The standard InChI is InChI=1S/C17H20N2O3/c1-12(2)16(20)18-7-9-19(10-8-18)17(21)15-11-13-5-3-4-6-14(13)22-15/h3-6,11-12H,7-10H2,1-2H3. The lowest BCUT2D eigenvalue weighted by Gasteiger charge is -2.35. The summed E-state index contributed by atoms with van der Waals surface area (Å²) < 4.78 is 5.62. The van der Waals surface area contributed by atoms with E-state index < -0.39 is 0 Å². The molecule has 1 aromatic heterocycles. The molecule has 2 aromatic rings. The molecule has 116 valence electrons. The fraction of sp³-hybridized carbons (Fsp3) is 0.412. The lowest BCUT2D eigenvalue weighted by Crippen LogP contribution is -2.51. The fourth-order valence-corrected chi connectivity index (χ4v) is 2.74. The second-order valence-corrected chi connectivity index (χ2v) is 5.92. The van der Waals surface area contributed by atoms with Gasteiger partial charge in [0.2, 0.25) is 5.91 Å². The van der Waals surface area contributed by atoms with Crippen LogP contribution in [0.4, 0.5) is 0 Å². The van der Waals surface area contributed by atoms with Crippen LogP contribution in [0.3, 0.4) is 0 Å². The molecule has 0 atom stereocenters. The quantitative estimate of drug-likeness (QED) is 0.855. The van der Waals surface area contributed by atoms with Crippen LogP contribution in [0.2, 0.25) is 0 Å². The first-order chi connectivity index (χ1) is 10.6. The zero-order valence-electron chi connectivity index (χ0n) is 12.9. The van der Waals surface area contributed by atoms with Crippen molar-refractivity contribution in [2.75, 3.05) is 26.2 Å². The number of nitrogens with zero attached hydrogens (tertiary/aromatic N) is 2. The van der Waals surface area contributed by atoms with Gasteiger partial charge in [0, 0.05) is 37.5 Å². The summed E-state index contributed by atoms with van der Waals surface area (Å²) >= 11 is 0. The first-order valence-corrected chi connectivity index (χ1v) is 7.63. The Morgan fingerprint density at radius 1 is 1.05 bits per heavy atom. The molecule has 5 nitrogen and oxygen atoms in total. The number of furan rings is 1. The Morgan fingerprint density at radius 3 is 2.32 bits per heavy atom. The molecule has 1 fully saturated rings. The van der Waals surface area contributed by atoms with Crippen molar-refractivity contribution in [3.05, 3.63) is 36.1 Å². The maximum atomic E-state index is 12.5. The highest BCUT2D eigenvalue weighted by Crippen LogP contribution is 2.20. The van der Waals surface area contributed by atoms with Gasteiger partial charge in [-0.05, 0) is 12.1 Å². The second kappa shape index (κ2) is 5.83. The Kier molecular flexibility index (Phi) is 3.88. The monoisotopic (exact) mass is 300 g/mol. The van der Waals surface area contributed by atoms with Crippen molar-refractivity contribution in [2.24, 2.45) is 5.92 Å². The van der Waals surface area contributed by atoms with Crippen molar-refractivity contribution >= 4 is 22.8 Å². The first-order valence-electron chi connectivity index (χ1n) is 7.63. The lowest BCUT2D eigenvalue weighted by atomic mass is 10.1. The van der Waals surface area contributed by atoms with Crippen LogP contribution in [-0.4, -0.2) is 47.8 Å². The number of rotatable bonds is 2. The number of benzene rings is 1. The smallest absolute Gasteiger partial charge is 0.289 e. The van der Waals surface area contributed by atoms with E-state index in [-0.39, 0.29) is 17.7 Å². The van der Waals surface area contributed by atoms with Gasteiger partial charge in [-0.1, -0.05) is 32.0 Å². The molecule has 2 heterocycles. The summed E-state index contributed by atoms with van der Waals surface area (Å²) in [6.07, 6.45) is 0. The zero-order valence-corrected chi connectivity index (χ0v) is 12.9. The lowest BCUT2D eigenvalue weighted by molar-refractivity contribution is -0.135. The molecule has 3 rings (SSSR count). The van der Waals surface area contributed by atoms with Gasteiger partial charge in [0.25, 0.3) is 5.91 Å². The van der Waals surface area contributed by atoms with Crippen molar-refractivity contribution in [1.82, 2.24) is 9.80 Å². The Balaban J connectivity index is 1.68. The van der Waals surface area contributed by atoms with Crippen molar-refractivity contribution in [3.8, 4) is 0 Å². The first kappa shape index (κ1) is 14.6. The maximum Gasteiger partial charge on any atom is 0.289 e. The predicted octanol–water partition coefficient (Wildman–Crippen LogP) is 2.37. The molecule has 1 aliphatic rings. The summed E-state index contributed by atoms with van der Waals surface area (Å²) in [5.74, 6) is 0.408. The number of carbonyl (C=O) groups is 2. The van der Waals surface area contributed by atoms with Gasteiger partial charge in [-0.3, -0.25) is 9.59 Å². The molecule has 0 bridgehead atoms. The number of para-hydroxylation sites is 1. The van der Waals surface area contributed by atoms with Gasteiger partial charge in [0.15, 0.2) is 5.76 Å². The number of carbonyl (C=O) groups excluding carboxylic acids is 2. The molecule has 5 heteroatoms. The van der Waals surface area contributed by atoms with Crippen molar-refractivity contribution in [1.29, 1.82) is 0 Å². The van der Waals surface area contributed by atoms with E-state index in [4.69, 9.17) is 4.42 Å². The summed E-state index contributed by atoms with van der Waals surface area (Å²) in [7, 11) is 0. The Morgan fingerprint density at radius 2 is 1.68 bits per heavy atom. The molecule has 0 unspecified atom stereocenters. The van der Waals surface area contributed by atoms with Crippen LogP contribution < -0.4 is 0 Å². The van der Waals surface area contributed by atoms with Gasteiger partial charge >= 0.3 is 0 Å². The average Bonchev–Trinajstić information content (AvgIpc) is 2.97. The van der Waals surface area contributed by atoms with Crippen LogP contribution in [-0.2, 0) is 4.79 Å². The van der Waals surface area contributed by atoms with Gasteiger partial charge in [-0.2, -0.15) is 0 Å². The molecule has 1 aliphatic heterocycles. The summed E-state index contributed by atoms with van der Waals surface area (Å²) in [5, 5.41) is 0.930. The Labute approximate surface area is 129 Å². The van der Waals surface area contributed by atoms with Crippen molar-refractivity contribution < 1.29 is 14.0 Å². The molecule has 0 radical (unpaired) electrons. The van der Waals surface area contributed by atoms with E-state index in [1.807, 2.05) is 43.0 Å². The largest absolute Gasteiger partial charge is 0.451 e. The van der Waals surface area contributed by atoms with Crippen LogP contribution in [0.1, 0.15) is 24.4 Å². The van der Waals surface area contributed by atoms with E-state index in [0.29, 0.717) is 31.9 Å². The highest BCUT2D eigenvalue weighted by atomic mass is 16.3. The Bertz CT molecular complexity index is 664. The number of amides is 2. The third-order valence-electron chi connectivity index (χ3n) is 4.01. The summed E-state index contributed by atoms with van der Waals surface area (Å²) in [5.41, 5.74) is 0.722. The molecule has 0 spiro atoms. The normalized spacial score (nSPS) is 15.6. The summed E-state index contributed by atoms with van der Waals surface area (Å²) in [4.78, 5) is 28.1. The van der Waals surface area contributed by atoms with E-state index in [2.05, 4.69) is 0 Å². The number of piperazine rings is 1. The van der Waals surface area contributed by atoms with Gasteiger partial charge in [0.05, 0.1) is 0 Å². The fourth-order valence-electron chi connectivity index (χ4n) is 2.74. The highest BCUT2D eigenvalue weighted by Gasteiger charge is 2.27. The van der Waals surface area contributed by atoms with E-state index in [9.17, 15) is 9.59 Å². The highest BCUT2D eigenvalue weighted by molar-refractivity contribution is 5.96. The molecule has 0 saturated carbocycles. The average molecular weight is 300 g/mol. The van der Waals surface area contributed by atoms with Crippen LogP contribution in [0.5, 0.6) is 0 Å². The third-order valence-corrected chi connectivity index (χ3v) is 4.01. The van der Waals surface area contributed by atoms with E-state index in [0.717, 1.165) is 11.0 Å². The van der Waals surface area contributed by atoms with E-state index in [1.165, 1.54) is 0 Å². The van der Waals surface area contributed by atoms with Crippen molar-refractivity contribution in [2.45, 2.75) is 13.8 Å². The SMILES string of the molecule is CC(C)C(=O)N1CCN(C(=O)c2cc3ccccc3o2)CC1. The number of fused-ring (bicyclic) bond motifs is 1. The van der Waals surface area contributed by atoms with E-state index in [1.54, 1.807) is 11.0 Å². The minimum absolute atomic E-state index is 0.00220. The van der Waals surface area contributed by atoms with Gasteiger partial charge in [-0.25, -0.2) is 0 Å². The molecule has 2 amide bonds. The third kappa shape index (κ3) is 2.71. The molecule has 22 heavy (non-hydrogen) atoms. The van der Waals surface area contributed by atoms with Crippen LogP contribution in [0.15, 0.2) is 34.7 Å². The second-order valence-electron chi connectivity index (χ2n) is 5.92. The topological polar surface area (TPSA) is 53.8 Å². The Hall–Kier alpha value is -2.30. The molecule has 1 saturated heterocycles. The molecular formula is C17H20N2O3. The molecule has 0 N–H and O–H groups in total. The van der Waals surface area contributed by atoms with Crippen LogP contribution >= 0.6 is 0 Å². The summed E-state index contributed by atoms with van der Waals surface area (Å²) in [6.45, 7) is 6.07. The van der Waals surface area contributed by atoms with Gasteiger partial charge < -0.3 is 14.2 Å². The van der Waals surface area contributed by atoms with Crippen molar-refractivity contribution in [3.63, 3.8) is 0 Å². The molecule has 1 aromatic carbocycles. The van der Waals surface area contributed by atoms with Crippen LogP contribution in [0, 0.1) is 5.92 Å². The van der Waals surface area contributed by atoms with Gasteiger partial charge in [0.1, 0.15) is 5.58 Å².